The summed E-state index contributed by atoms with van der Waals surface area (Å²) in [5.41, 5.74) is 4.13. The van der Waals surface area contributed by atoms with Crippen molar-refractivity contribution in [2.75, 3.05) is 7.05 Å². The number of aryl methyl sites for hydroxylation is 3. The van der Waals surface area contributed by atoms with Crippen LogP contribution in [0.1, 0.15) is 40.5 Å². The fourth-order valence-corrected chi connectivity index (χ4v) is 3.38. The van der Waals surface area contributed by atoms with Crippen molar-refractivity contribution >= 4 is 11.3 Å². The van der Waals surface area contributed by atoms with Gasteiger partial charge in [-0.05, 0) is 57.2 Å². The molecular formula is C17H23NS. The van der Waals surface area contributed by atoms with Gasteiger partial charge in [0.15, 0.2) is 0 Å². The van der Waals surface area contributed by atoms with E-state index < -0.39 is 0 Å². The molecule has 1 nitrogen and oxygen atoms in total. The third-order valence-electron chi connectivity index (χ3n) is 3.49. The third kappa shape index (κ3) is 4.19. The van der Waals surface area contributed by atoms with E-state index >= 15 is 0 Å². The lowest BCUT2D eigenvalue weighted by atomic mass is 9.97. The van der Waals surface area contributed by atoms with E-state index in [0.717, 1.165) is 0 Å². The Kier molecular flexibility index (Phi) is 5.17. The van der Waals surface area contributed by atoms with E-state index in [1.54, 1.807) is 0 Å². The summed E-state index contributed by atoms with van der Waals surface area (Å²) < 4.78 is 0. The van der Waals surface area contributed by atoms with E-state index in [9.17, 15) is 0 Å². The average Bonchev–Trinajstić information content (AvgIpc) is 2.86. The van der Waals surface area contributed by atoms with E-state index in [4.69, 9.17) is 0 Å². The molecule has 0 amide bonds. The Hall–Kier alpha value is -1.12. The molecule has 0 bridgehead atoms. The zero-order chi connectivity index (χ0) is 13.7. The van der Waals surface area contributed by atoms with Crippen LogP contribution in [0.3, 0.4) is 0 Å². The van der Waals surface area contributed by atoms with Crippen LogP contribution in [0.5, 0.6) is 0 Å². The van der Waals surface area contributed by atoms with Crippen molar-refractivity contribution in [3.05, 3.63) is 57.3 Å². The second-order valence-electron chi connectivity index (χ2n) is 5.23. The highest BCUT2D eigenvalue weighted by atomic mass is 32.1. The molecule has 1 aromatic heterocycles. The summed E-state index contributed by atoms with van der Waals surface area (Å²) in [5.74, 6) is 0. The first-order chi connectivity index (χ1) is 9.19. The molecule has 2 aromatic rings. The van der Waals surface area contributed by atoms with Crippen LogP contribution in [0.2, 0.25) is 0 Å². The van der Waals surface area contributed by atoms with Crippen LogP contribution in [-0.2, 0) is 6.42 Å². The Labute approximate surface area is 120 Å². The maximum absolute atomic E-state index is 3.46. The monoisotopic (exact) mass is 273 g/mol. The topological polar surface area (TPSA) is 12.0 Å². The van der Waals surface area contributed by atoms with E-state index in [0.29, 0.717) is 6.04 Å². The van der Waals surface area contributed by atoms with Crippen molar-refractivity contribution in [3.63, 3.8) is 0 Å². The Morgan fingerprint density at radius 3 is 2.47 bits per heavy atom. The molecule has 19 heavy (non-hydrogen) atoms. The molecule has 102 valence electrons. The van der Waals surface area contributed by atoms with Gasteiger partial charge in [-0.15, -0.1) is 11.3 Å². The van der Waals surface area contributed by atoms with Gasteiger partial charge < -0.3 is 5.32 Å². The zero-order valence-corrected chi connectivity index (χ0v) is 12.9. The van der Waals surface area contributed by atoms with Crippen molar-refractivity contribution in [2.24, 2.45) is 0 Å². The number of thiophene rings is 1. The number of rotatable bonds is 6. The summed E-state index contributed by atoms with van der Waals surface area (Å²) in [4.78, 5) is 1.50. The summed E-state index contributed by atoms with van der Waals surface area (Å²) in [5, 5.41) is 5.62. The lowest BCUT2D eigenvalue weighted by Gasteiger charge is -2.17. The first-order valence-corrected chi connectivity index (χ1v) is 7.85. The van der Waals surface area contributed by atoms with Crippen molar-refractivity contribution in [2.45, 2.75) is 39.2 Å². The molecule has 0 aliphatic heterocycles. The van der Waals surface area contributed by atoms with Crippen LogP contribution in [0, 0.1) is 13.8 Å². The average molecular weight is 273 g/mol. The van der Waals surface area contributed by atoms with Gasteiger partial charge in [0.05, 0.1) is 0 Å². The van der Waals surface area contributed by atoms with Gasteiger partial charge in [-0.25, -0.2) is 0 Å². The SMILES string of the molecule is CNC(CCCc1cccs1)c1cc(C)cc(C)c1. The van der Waals surface area contributed by atoms with Gasteiger partial charge in [-0.3, -0.25) is 0 Å². The fourth-order valence-electron chi connectivity index (χ4n) is 2.62. The second kappa shape index (κ2) is 6.88. The quantitative estimate of drug-likeness (QED) is 0.808. The minimum atomic E-state index is 0.471. The third-order valence-corrected chi connectivity index (χ3v) is 4.43. The van der Waals surface area contributed by atoms with Crippen molar-refractivity contribution in [1.82, 2.24) is 5.32 Å². The Balaban J connectivity index is 1.95. The van der Waals surface area contributed by atoms with Crippen molar-refractivity contribution in [3.8, 4) is 0 Å². The first-order valence-electron chi connectivity index (χ1n) is 6.97. The van der Waals surface area contributed by atoms with E-state index in [1.807, 2.05) is 11.3 Å². The Morgan fingerprint density at radius 2 is 1.89 bits per heavy atom. The molecule has 0 saturated heterocycles. The van der Waals surface area contributed by atoms with Crippen LogP contribution in [-0.4, -0.2) is 7.05 Å². The maximum atomic E-state index is 3.46. The lowest BCUT2D eigenvalue weighted by molar-refractivity contribution is 0.528. The number of nitrogens with one attached hydrogen (secondary N) is 1. The maximum Gasteiger partial charge on any atom is 0.0317 e. The van der Waals surface area contributed by atoms with Gasteiger partial charge in [-0.1, -0.05) is 35.4 Å². The highest BCUT2D eigenvalue weighted by Crippen LogP contribution is 2.22. The number of hydrogen-bond donors (Lipinski definition) is 1. The van der Waals surface area contributed by atoms with Crippen LogP contribution >= 0.6 is 11.3 Å². The van der Waals surface area contributed by atoms with Crippen LogP contribution in [0.25, 0.3) is 0 Å². The summed E-state index contributed by atoms with van der Waals surface area (Å²) >= 11 is 1.86. The standard InChI is InChI=1S/C17H23NS/c1-13-10-14(2)12-15(11-13)17(18-3)8-4-6-16-7-5-9-19-16/h5,7,9-12,17-18H,4,6,8H2,1-3H3. The molecule has 2 heteroatoms. The summed E-state index contributed by atoms with van der Waals surface area (Å²) in [6.45, 7) is 4.35. The van der Waals surface area contributed by atoms with E-state index in [1.165, 1.54) is 40.8 Å². The van der Waals surface area contributed by atoms with Gasteiger partial charge in [0.1, 0.15) is 0 Å². The van der Waals surface area contributed by atoms with Gasteiger partial charge in [-0.2, -0.15) is 0 Å². The molecule has 1 N–H and O–H groups in total. The molecule has 1 atom stereocenters. The minimum absolute atomic E-state index is 0.471. The molecule has 1 heterocycles. The summed E-state index contributed by atoms with van der Waals surface area (Å²) in [6.07, 6.45) is 3.62. The number of benzene rings is 1. The minimum Gasteiger partial charge on any atom is -0.313 e. The smallest absolute Gasteiger partial charge is 0.0317 e. The van der Waals surface area contributed by atoms with E-state index in [-0.39, 0.29) is 0 Å². The highest BCUT2D eigenvalue weighted by Gasteiger charge is 2.10. The highest BCUT2D eigenvalue weighted by molar-refractivity contribution is 7.09. The molecule has 0 aliphatic rings. The van der Waals surface area contributed by atoms with Crippen LogP contribution < -0.4 is 5.32 Å². The lowest BCUT2D eigenvalue weighted by Crippen LogP contribution is -2.16. The van der Waals surface area contributed by atoms with Crippen LogP contribution in [0.4, 0.5) is 0 Å². The molecule has 0 radical (unpaired) electrons. The molecule has 1 aromatic carbocycles. The molecule has 0 saturated carbocycles. The predicted molar refractivity (Wildman–Crippen MR) is 85.0 cm³/mol. The second-order valence-corrected chi connectivity index (χ2v) is 6.27. The molecule has 2 rings (SSSR count). The normalized spacial score (nSPS) is 12.6. The largest absolute Gasteiger partial charge is 0.313 e. The molecular weight excluding hydrogens is 250 g/mol. The van der Waals surface area contributed by atoms with Gasteiger partial charge in [0.2, 0.25) is 0 Å². The molecule has 0 fully saturated rings. The molecule has 1 unspecified atom stereocenters. The fraction of sp³-hybridized carbons (Fsp3) is 0.412. The zero-order valence-electron chi connectivity index (χ0n) is 12.1. The van der Waals surface area contributed by atoms with Gasteiger partial charge in [0.25, 0.3) is 0 Å². The Morgan fingerprint density at radius 1 is 1.16 bits per heavy atom. The van der Waals surface area contributed by atoms with Gasteiger partial charge in [0, 0.05) is 10.9 Å². The van der Waals surface area contributed by atoms with Gasteiger partial charge >= 0.3 is 0 Å². The summed E-state index contributed by atoms with van der Waals surface area (Å²) in [7, 11) is 2.06. The molecule has 0 aliphatic carbocycles. The van der Waals surface area contributed by atoms with E-state index in [2.05, 4.69) is 61.9 Å². The number of hydrogen-bond acceptors (Lipinski definition) is 2. The van der Waals surface area contributed by atoms with Crippen molar-refractivity contribution < 1.29 is 0 Å². The molecule has 0 spiro atoms. The first kappa shape index (κ1) is 14.3. The van der Waals surface area contributed by atoms with Crippen LogP contribution in [0.15, 0.2) is 35.7 Å². The van der Waals surface area contributed by atoms with Crippen molar-refractivity contribution in [1.29, 1.82) is 0 Å². The summed E-state index contributed by atoms with van der Waals surface area (Å²) in [6, 6.07) is 11.7. The predicted octanol–water partition coefficient (Wildman–Crippen LogP) is 4.65. The Bertz CT molecular complexity index is 482.